The maximum absolute atomic E-state index is 5.03. The third-order valence-electron chi connectivity index (χ3n) is 0.619. The quantitative estimate of drug-likeness (QED) is 0.476. The van der Waals surface area contributed by atoms with Crippen molar-refractivity contribution in [3.63, 3.8) is 0 Å². The van der Waals surface area contributed by atoms with Gasteiger partial charge in [-0.1, -0.05) is 29.0 Å². The van der Waals surface area contributed by atoms with Crippen LogP contribution in [-0.4, -0.2) is 16.0 Å². The first-order valence-electron chi connectivity index (χ1n) is 2.26. The van der Waals surface area contributed by atoms with Crippen molar-refractivity contribution in [2.75, 3.05) is 5.75 Å². The van der Waals surface area contributed by atoms with Gasteiger partial charge in [0.25, 0.3) is 0 Å². The van der Waals surface area contributed by atoms with Gasteiger partial charge in [-0.3, -0.25) is 0 Å². The largest absolute Gasteiger partial charge is 0.174 e. The first-order valence-corrected chi connectivity index (χ1v) is 4.12. The molecule has 0 aliphatic heterocycles. The van der Waals surface area contributed by atoms with E-state index in [4.69, 9.17) is 6.42 Å². The fraction of sp³-hybridized carbons (Fsp3) is 0.200. The van der Waals surface area contributed by atoms with E-state index >= 15 is 0 Å². The van der Waals surface area contributed by atoms with Crippen LogP contribution in [0.4, 0.5) is 0 Å². The van der Waals surface area contributed by atoms with Gasteiger partial charge in [-0.05, 0) is 0 Å². The second kappa shape index (κ2) is 3.49. The molecule has 1 aromatic heterocycles. The minimum absolute atomic E-state index is 0.676. The molecule has 0 aliphatic rings. The lowest BCUT2D eigenvalue weighted by Gasteiger charge is -1.82. The minimum Gasteiger partial charge on any atom is -0.146 e. The second-order valence-corrected chi connectivity index (χ2v) is 3.25. The van der Waals surface area contributed by atoms with E-state index in [1.807, 2.05) is 0 Å². The van der Waals surface area contributed by atoms with E-state index in [1.54, 1.807) is 5.51 Å². The molecule has 0 N–H and O–H groups in total. The molecule has 4 heteroatoms. The Morgan fingerprint density at radius 1 is 1.89 bits per heavy atom. The third-order valence-corrected chi connectivity index (χ3v) is 2.38. The molecule has 0 amide bonds. The van der Waals surface area contributed by atoms with Crippen molar-refractivity contribution >= 4 is 23.1 Å². The summed E-state index contributed by atoms with van der Waals surface area (Å²) in [5, 5.41) is 7.44. The first-order chi connectivity index (χ1) is 4.43. The van der Waals surface area contributed by atoms with Crippen LogP contribution >= 0.6 is 23.1 Å². The lowest BCUT2D eigenvalue weighted by molar-refractivity contribution is 1.01. The number of terminal acetylenes is 1. The highest BCUT2D eigenvalue weighted by atomic mass is 32.2. The van der Waals surface area contributed by atoms with E-state index in [9.17, 15) is 0 Å². The Hall–Kier alpha value is -0.530. The van der Waals surface area contributed by atoms with Crippen LogP contribution in [0.1, 0.15) is 0 Å². The Bertz CT molecular complexity index is 199. The molecule has 0 aromatic carbocycles. The van der Waals surface area contributed by atoms with Crippen molar-refractivity contribution in [2.24, 2.45) is 0 Å². The van der Waals surface area contributed by atoms with Gasteiger partial charge in [-0.25, -0.2) is 0 Å². The highest BCUT2D eigenvalue weighted by Gasteiger charge is 1.92. The van der Waals surface area contributed by atoms with Gasteiger partial charge < -0.3 is 0 Å². The normalized spacial score (nSPS) is 8.78. The Labute approximate surface area is 61.7 Å². The predicted molar refractivity (Wildman–Crippen MR) is 39.5 cm³/mol. The first kappa shape index (κ1) is 6.59. The molecule has 0 aliphatic carbocycles. The van der Waals surface area contributed by atoms with Crippen LogP contribution in [0.3, 0.4) is 0 Å². The summed E-state index contributed by atoms with van der Waals surface area (Å²) in [7, 11) is 0. The molecule has 0 atom stereocenters. The van der Waals surface area contributed by atoms with Crippen LogP contribution in [0, 0.1) is 12.3 Å². The van der Waals surface area contributed by atoms with E-state index in [0.717, 1.165) is 4.34 Å². The van der Waals surface area contributed by atoms with Gasteiger partial charge in [0.05, 0.1) is 5.75 Å². The summed E-state index contributed by atoms with van der Waals surface area (Å²) >= 11 is 3.04. The Kier molecular flexibility index (Phi) is 2.55. The molecule has 0 saturated carbocycles. The van der Waals surface area contributed by atoms with Crippen LogP contribution in [0.2, 0.25) is 0 Å². The highest BCUT2D eigenvalue weighted by Crippen LogP contribution is 2.17. The molecule has 0 radical (unpaired) electrons. The summed E-state index contributed by atoms with van der Waals surface area (Å²) < 4.78 is 0.938. The van der Waals surface area contributed by atoms with Crippen molar-refractivity contribution in [2.45, 2.75) is 4.34 Å². The van der Waals surface area contributed by atoms with E-state index in [0.29, 0.717) is 5.75 Å². The zero-order valence-corrected chi connectivity index (χ0v) is 6.21. The maximum atomic E-state index is 5.03. The number of hydrogen-bond donors (Lipinski definition) is 0. The summed E-state index contributed by atoms with van der Waals surface area (Å²) in [5.41, 5.74) is 1.69. The van der Waals surface area contributed by atoms with Gasteiger partial charge in [-0.2, -0.15) is 0 Å². The average Bonchev–Trinajstić information content (AvgIpc) is 2.34. The topological polar surface area (TPSA) is 25.8 Å². The molecular formula is C5H4N2S2. The molecule has 0 bridgehead atoms. The monoisotopic (exact) mass is 156 g/mol. The maximum Gasteiger partial charge on any atom is 0.174 e. The van der Waals surface area contributed by atoms with Crippen molar-refractivity contribution < 1.29 is 0 Å². The van der Waals surface area contributed by atoms with E-state index in [-0.39, 0.29) is 0 Å². The van der Waals surface area contributed by atoms with Gasteiger partial charge in [-0.15, -0.1) is 16.6 Å². The number of hydrogen-bond acceptors (Lipinski definition) is 4. The molecule has 0 saturated heterocycles. The lowest BCUT2D eigenvalue weighted by Crippen LogP contribution is -1.71. The van der Waals surface area contributed by atoms with Crippen molar-refractivity contribution in [3.8, 4) is 12.3 Å². The molecule has 46 valence electrons. The summed E-state index contributed by atoms with van der Waals surface area (Å²) in [6, 6.07) is 0. The summed E-state index contributed by atoms with van der Waals surface area (Å²) in [6.07, 6.45) is 5.03. The zero-order chi connectivity index (χ0) is 6.53. The lowest BCUT2D eigenvalue weighted by atomic mass is 10.8. The molecule has 1 aromatic rings. The number of thioether (sulfide) groups is 1. The van der Waals surface area contributed by atoms with Crippen molar-refractivity contribution in [3.05, 3.63) is 5.51 Å². The van der Waals surface area contributed by atoms with Crippen LogP contribution in [0.5, 0.6) is 0 Å². The van der Waals surface area contributed by atoms with Crippen LogP contribution in [0.15, 0.2) is 9.85 Å². The highest BCUT2D eigenvalue weighted by molar-refractivity contribution is 8.01. The molecular weight excluding hydrogens is 152 g/mol. The van der Waals surface area contributed by atoms with E-state index in [1.165, 1.54) is 23.1 Å². The van der Waals surface area contributed by atoms with Gasteiger partial charge in [0.2, 0.25) is 0 Å². The molecule has 2 nitrogen and oxygen atoms in total. The molecule has 0 unspecified atom stereocenters. The summed E-state index contributed by atoms with van der Waals surface area (Å²) in [5.74, 6) is 3.18. The number of aromatic nitrogens is 2. The van der Waals surface area contributed by atoms with Crippen LogP contribution < -0.4 is 0 Å². The van der Waals surface area contributed by atoms with Gasteiger partial charge in [0.1, 0.15) is 5.51 Å². The smallest absolute Gasteiger partial charge is 0.146 e. The average molecular weight is 156 g/mol. The third kappa shape index (κ3) is 2.04. The van der Waals surface area contributed by atoms with Gasteiger partial charge >= 0.3 is 0 Å². The summed E-state index contributed by atoms with van der Waals surface area (Å²) in [6.45, 7) is 0. The minimum atomic E-state index is 0.676. The molecule has 1 rings (SSSR count). The second-order valence-electron chi connectivity index (χ2n) is 1.20. The predicted octanol–water partition coefficient (Wildman–Crippen LogP) is 1.26. The fourth-order valence-electron chi connectivity index (χ4n) is 0.329. The molecule has 1 heterocycles. The van der Waals surface area contributed by atoms with Gasteiger partial charge in [0.15, 0.2) is 4.34 Å². The Morgan fingerprint density at radius 3 is 3.33 bits per heavy atom. The fourth-order valence-corrected chi connectivity index (χ4v) is 1.50. The van der Waals surface area contributed by atoms with E-state index in [2.05, 4.69) is 16.1 Å². The molecule has 0 spiro atoms. The zero-order valence-electron chi connectivity index (χ0n) is 4.57. The Morgan fingerprint density at radius 2 is 2.78 bits per heavy atom. The molecule has 0 fully saturated rings. The SMILES string of the molecule is C#CCSc1nncs1. The van der Waals surface area contributed by atoms with Gasteiger partial charge in [0, 0.05) is 0 Å². The van der Waals surface area contributed by atoms with E-state index < -0.39 is 0 Å². The van der Waals surface area contributed by atoms with Crippen LogP contribution in [0.25, 0.3) is 0 Å². The van der Waals surface area contributed by atoms with Crippen LogP contribution in [-0.2, 0) is 0 Å². The summed E-state index contributed by atoms with van der Waals surface area (Å²) in [4.78, 5) is 0. The number of rotatable bonds is 2. The van der Waals surface area contributed by atoms with Crippen molar-refractivity contribution in [1.29, 1.82) is 0 Å². The molecule has 9 heavy (non-hydrogen) atoms. The standard InChI is InChI=1S/C5H4N2S2/c1-2-3-8-5-7-6-4-9-5/h1,4H,3H2. The Balaban J connectivity index is 2.41. The van der Waals surface area contributed by atoms with Crippen molar-refractivity contribution in [1.82, 2.24) is 10.2 Å². The number of nitrogens with zero attached hydrogens (tertiary/aromatic N) is 2.